The summed E-state index contributed by atoms with van der Waals surface area (Å²) >= 11 is 0. The average Bonchev–Trinajstić information content (AvgIpc) is 3.03. The number of ether oxygens (including phenoxy) is 2. The van der Waals surface area contributed by atoms with Crippen molar-refractivity contribution in [3.8, 4) is 5.75 Å². The van der Waals surface area contributed by atoms with Gasteiger partial charge in [0.05, 0.1) is 23.4 Å². The molecule has 1 aliphatic heterocycles. The third-order valence-electron chi connectivity index (χ3n) is 5.21. The van der Waals surface area contributed by atoms with E-state index in [-0.39, 0.29) is 23.5 Å². The summed E-state index contributed by atoms with van der Waals surface area (Å²) in [5, 5.41) is 2.69. The molecule has 8 nitrogen and oxygen atoms in total. The normalized spacial score (nSPS) is 14.6. The zero-order chi connectivity index (χ0) is 24.1. The lowest BCUT2D eigenvalue weighted by molar-refractivity contribution is -0.157. The first kappa shape index (κ1) is 24.0. The molecule has 2 aromatic carbocycles. The molecule has 1 aliphatic rings. The molecule has 3 amide bonds. The van der Waals surface area contributed by atoms with E-state index in [1.807, 2.05) is 20.8 Å². The van der Waals surface area contributed by atoms with Crippen LogP contribution in [0.5, 0.6) is 5.75 Å². The maximum atomic E-state index is 13.1. The van der Waals surface area contributed by atoms with E-state index < -0.39 is 35.8 Å². The van der Waals surface area contributed by atoms with E-state index in [9.17, 15) is 19.2 Å². The van der Waals surface area contributed by atoms with Gasteiger partial charge in [-0.25, -0.2) is 4.79 Å². The SMILES string of the molecule is CCOc1ccccc1NC(=O)C(C)OC(=O)C(CC(C)C)N1C(=O)c2ccccc2C1=O. The lowest BCUT2D eigenvalue weighted by Crippen LogP contribution is -2.48. The highest BCUT2D eigenvalue weighted by molar-refractivity contribution is 6.22. The molecule has 2 unspecified atom stereocenters. The molecule has 0 radical (unpaired) electrons. The number of carbonyl (C=O) groups is 4. The molecule has 0 fully saturated rings. The third kappa shape index (κ3) is 5.22. The van der Waals surface area contributed by atoms with Crippen molar-refractivity contribution in [2.75, 3.05) is 11.9 Å². The number of imide groups is 1. The molecular formula is C25H28N2O6. The van der Waals surface area contributed by atoms with Crippen LogP contribution in [0.4, 0.5) is 5.69 Å². The molecule has 33 heavy (non-hydrogen) atoms. The molecule has 3 rings (SSSR count). The molecule has 0 bridgehead atoms. The summed E-state index contributed by atoms with van der Waals surface area (Å²) in [4.78, 5) is 52.5. The van der Waals surface area contributed by atoms with Crippen LogP contribution in [0.15, 0.2) is 48.5 Å². The average molecular weight is 453 g/mol. The fraction of sp³-hybridized carbons (Fsp3) is 0.360. The molecule has 1 N–H and O–H groups in total. The van der Waals surface area contributed by atoms with Crippen LogP contribution in [-0.4, -0.2) is 47.3 Å². The lowest BCUT2D eigenvalue weighted by Gasteiger charge is -2.27. The number of nitrogens with one attached hydrogen (secondary N) is 1. The molecule has 1 heterocycles. The van der Waals surface area contributed by atoms with Crippen molar-refractivity contribution in [2.45, 2.75) is 46.3 Å². The fourth-order valence-corrected chi connectivity index (χ4v) is 3.64. The molecule has 0 aromatic heterocycles. The number of hydrogen-bond donors (Lipinski definition) is 1. The van der Waals surface area contributed by atoms with Crippen LogP contribution in [0.3, 0.4) is 0 Å². The summed E-state index contributed by atoms with van der Waals surface area (Å²) in [6, 6.07) is 12.2. The Morgan fingerprint density at radius 2 is 1.52 bits per heavy atom. The number of rotatable bonds is 9. The van der Waals surface area contributed by atoms with E-state index in [1.165, 1.54) is 6.92 Å². The number of anilines is 1. The van der Waals surface area contributed by atoms with Crippen LogP contribution in [-0.2, 0) is 14.3 Å². The number of nitrogens with zero attached hydrogens (tertiary/aromatic N) is 1. The smallest absolute Gasteiger partial charge is 0.330 e. The van der Waals surface area contributed by atoms with Gasteiger partial charge < -0.3 is 14.8 Å². The van der Waals surface area contributed by atoms with Gasteiger partial charge in [0.1, 0.15) is 11.8 Å². The zero-order valence-electron chi connectivity index (χ0n) is 19.2. The van der Waals surface area contributed by atoms with Crippen molar-refractivity contribution in [3.05, 3.63) is 59.7 Å². The molecular weight excluding hydrogens is 424 g/mol. The first-order valence-corrected chi connectivity index (χ1v) is 10.9. The second-order valence-corrected chi connectivity index (χ2v) is 8.17. The minimum absolute atomic E-state index is 0.00550. The molecule has 8 heteroatoms. The molecule has 2 aromatic rings. The van der Waals surface area contributed by atoms with E-state index in [2.05, 4.69) is 5.32 Å². The Kier molecular flexibility index (Phi) is 7.48. The zero-order valence-corrected chi connectivity index (χ0v) is 19.2. The highest BCUT2D eigenvalue weighted by atomic mass is 16.5. The standard InChI is InChI=1S/C25H28N2O6/c1-5-32-21-13-9-8-12-19(21)26-22(28)16(4)33-25(31)20(14-15(2)3)27-23(29)17-10-6-7-11-18(17)24(27)30/h6-13,15-16,20H,5,14H2,1-4H3,(H,26,28). The molecule has 0 saturated heterocycles. The Morgan fingerprint density at radius 1 is 0.939 bits per heavy atom. The Bertz CT molecular complexity index is 1030. The number of carbonyl (C=O) groups excluding carboxylic acids is 4. The Labute approximate surface area is 192 Å². The number of amides is 3. The van der Waals surface area contributed by atoms with Crippen LogP contribution >= 0.6 is 0 Å². The highest BCUT2D eigenvalue weighted by Crippen LogP contribution is 2.28. The van der Waals surface area contributed by atoms with Gasteiger partial charge in [0.2, 0.25) is 0 Å². The quantitative estimate of drug-likeness (QED) is 0.460. The summed E-state index contributed by atoms with van der Waals surface area (Å²) in [7, 11) is 0. The molecule has 174 valence electrons. The highest BCUT2D eigenvalue weighted by Gasteiger charge is 2.44. The summed E-state index contributed by atoms with van der Waals surface area (Å²) in [6.07, 6.45) is -0.941. The summed E-state index contributed by atoms with van der Waals surface area (Å²) in [5.74, 6) is -1.95. The molecule has 0 aliphatic carbocycles. The molecule has 0 spiro atoms. The number of fused-ring (bicyclic) bond motifs is 1. The van der Waals surface area contributed by atoms with E-state index in [1.54, 1.807) is 48.5 Å². The van der Waals surface area contributed by atoms with Crippen LogP contribution in [0.2, 0.25) is 0 Å². The van der Waals surface area contributed by atoms with Gasteiger partial charge in [0.15, 0.2) is 6.10 Å². The first-order valence-electron chi connectivity index (χ1n) is 10.9. The van der Waals surface area contributed by atoms with Crippen LogP contribution < -0.4 is 10.1 Å². The van der Waals surface area contributed by atoms with Crippen molar-refractivity contribution in [3.63, 3.8) is 0 Å². The van der Waals surface area contributed by atoms with Gasteiger partial charge in [-0.15, -0.1) is 0 Å². The Balaban J connectivity index is 1.75. The van der Waals surface area contributed by atoms with Crippen molar-refractivity contribution >= 4 is 29.4 Å². The minimum atomic E-state index is -1.16. The van der Waals surface area contributed by atoms with Crippen molar-refractivity contribution in [1.82, 2.24) is 4.90 Å². The van der Waals surface area contributed by atoms with Crippen molar-refractivity contribution < 1.29 is 28.7 Å². The van der Waals surface area contributed by atoms with Gasteiger partial charge in [-0.1, -0.05) is 38.1 Å². The van der Waals surface area contributed by atoms with Gasteiger partial charge >= 0.3 is 5.97 Å². The van der Waals surface area contributed by atoms with Gasteiger partial charge in [-0.05, 0) is 50.5 Å². The topological polar surface area (TPSA) is 102 Å². The van der Waals surface area contributed by atoms with E-state index in [0.29, 0.717) is 18.0 Å². The van der Waals surface area contributed by atoms with E-state index >= 15 is 0 Å². The number of benzene rings is 2. The largest absolute Gasteiger partial charge is 0.492 e. The maximum Gasteiger partial charge on any atom is 0.330 e. The van der Waals surface area contributed by atoms with Gasteiger partial charge in [0.25, 0.3) is 17.7 Å². The third-order valence-corrected chi connectivity index (χ3v) is 5.21. The predicted octanol–water partition coefficient (Wildman–Crippen LogP) is 3.67. The van der Waals surface area contributed by atoms with Crippen LogP contribution in [0.25, 0.3) is 0 Å². The number of para-hydroxylation sites is 2. The molecule has 2 atom stereocenters. The maximum absolute atomic E-state index is 13.1. The van der Waals surface area contributed by atoms with E-state index in [4.69, 9.17) is 9.47 Å². The van der Waals surface area contributed by atoms with Crippen molar-refractivity contribution in [2.24, 2.45) is 5.92 Å². The van der Waals surface area contributed by atoms with E-state index in [0.717, 1.165) is 4.90 Å². The summed E-state index contributed by atoms with van der Waals surface area (Å²) in [5.41, 5.74) is 0.955. The van der Waals surface area contributed by atoms with Gasteiger partial charge in [0, 0.05) is 0 Å². The van der Waals surface area contributed by atoms with Gasteiger partial charge in [-0.2, -0.15) is 0 Å². The second-order valence-electron chi connectivity index (χ2n) is 8.17. The lowest BCUT2D eigenvalue weighted by atomic mass is 10.0. The number of esters is 1. The van der Waals surface area contributed by atoms with Crippen LogP contribution in [0, 0.1) is 5.92 Å². The second kappa shape index (κ2) is 10.3. The Morgan fingerprint density at radius 3 is 2.09 bits per heavy atom. The number of hydrogen-bond acceptors (Lipinski definition) is 6. The minimum Gasteiger partial charge on any atom is -0.492 e. The fourth-order valence-electron chi connectivity index (χ4n) is 3.64. The first-order chi connectivity index (χ1) is 15.7. The predicted molar refractivity (Wildman–Crippen MR) is 122 cm³/mol. The Hall–Kier alpha value is -3.68. The van der Waals surface area contributed by atoms with Crippen molar-refractivity contribution in [1.29, 1.82) is 0 Å². The summed E-state index contributed by atoms with van der Waals surface area (Å²) < 4.78 is 10.9. The molecule has 0 saturated carbocycles. The van der Waals surface area contributed by atoms with Gasteiger partial charge in [-0.3, -0.25) is 19.3 Å². The van der Waals surface area contributed by atoms with Crippen LogP contribution in [0.1, 0.15) is 54.8 Å². The monoisotopic (exact) mass is 452 g/mol. The summed E-state index contributed by atoms with van der Waals surface area (Å²) in [6.45, 7) is 7.44.